The first-order chi connectivity index (χ1) is 27.3. The highest BCUT2D eigenvalue weighted by Gasteiger charge is 2.62. The van der Waals surface area contributed by atoms with E-state index in [0.29, 0.717) is 59.6 Å². The Bertz CT molecular complexity index is 2250. The summed E-state index contributed by atoms with van der Waals surface area (Å²) in [5.41, 5.74) is 0.153. The number of allylic oxidation sites excluding steroid dienone is 1. The van der Waals surface area contributed by atoms with E-state index in [1.807, 2.05) is 12.2 Å². The molecule has 0 bridgehead atoms. The van der Waals surface area contributed by atoms with Crippen LogP contribution in [0.1, 0.15) is 68.9 Å². The average molecular weight is 827 g/mol. The van der Waals surface area contributed by atoms with E-state index < -0.39 is 86.2 Å². The van der Waals surface area contributed by atoms with Crippen LogP contribution in [0, 0.1) is 23.4 Å². The Morgan fingerprint density at radius 3 is 2.60 bits per heavy atom. The zero-order valence-corrected chi connectivity index (χ0v) is 32.4. The molecule has 5 aliphatic rings. The first kappa shape index (κ1) is 38.9. The van der Waals surface area contributed by atoms with Gasteiger partial charge in [-0.25, -0.2) is 31.4 Å². The molecule has 3 fully saturated rings. The van der Waals surface area contributed by atoms with Crippen molar-refractivity contribution < 1.29 is 45.5 Å². The molecular formula is C39H41F3N6O7S2. The maximum absolute atomic E-state index is 14.6. The van der Waals surface area contributed by atoms with Gasteiger partial charge < -0.3 is 20.3 Å². The number of fused-ring (bicyclic) bond motifs is 3. The largest absolute Gasteiger partial charge is 0.444 e. The maximum Gasteiger partial charge on any atom is 0.410 e. The molecule has 2 aliphatic carbocycles. The van der Waals surface area contributed by atoms with E-state index in [1.165, 1.54) is 21.9 Å². The van der Waals surface area contributed by atoms with Gasteiger partial charge in [-0.05, 0) is 68.4 Å². The fourth-order valence-corrected chi connectivity index (χ4v) is 9.99. The number of rotatable bonds is 7. The molecule has 1 saturated heterocycles. The van der Waals surface area contributed by atoms with Gasteiger partial charge in [0.15, 0.2) is 16.8 Å². The Morgan fingerprint density at radius 1 is 1.00 bits per heavy atom. The van der Waals surface area contributed by atoms with E-state index in [1.54, 1.807) is 17.5 Å². The zero-order chi connectivity index (χ0) is 40.1. The molecule has 2 saturated carbocycles. The molecule has 302 valence electrons. The lowest BCUT2D eigenvalue weighted by atomic mass is 10.1. The molecule has 2 aromatic carbocycles. The lowest BCUT2D eigenvalue weighted by molar-refractivity contribution is -0.140. The summed E-state index contributed by atoms with van der Waals surface area (Å²) in [5, 5.41) is 7.30. The topological polar surface area (TPSA) is 167 Å². The number of thiazole rings is 1. The molecule has 4 amide bonds. The van der Waals surface area contributed by atoms with Crippen molar-refractivity contribution in [3.63, 3.8) is 0 Å². The van der Waals surface area contributed by atoms with Crippen molar-refractivity contribution in [2.75, 3.05) is 11.9 Å². The number of carbonyl (C=O) groups excluding carboxylic acids is 4. The summed E-state index contributed by atoms with van der Waals surface area (Å²) in [7, 11) is -3.94. The molecule has 3 aromatic rings. The van der Waals surface area contributed by atoms with Gasteiger partial charge in [0.2, 0.25) is 21.8 Å². The highest BCUT2D eigenvalue weighted by molar-refractivity contribution is 7.91. The van der Waals surface area contributed by atoms with Gasteiger partial charge in [0.25, 0.3) is 5.91 Å². The van der Waals surface area contributed by atoms with Crippen LogP contribution in [-0.2, 0) is 42.2 Å². The number of hydrogen-bond donors (Lipinski definition) is 3. The molecule has 1 aromatic heterocycles. The number of amides is 4. The van der Waals surface area contributed by atoms with Crippen LogP contribution in [-0.4, -0.2) is 82.5 Å². The van der Waals surface area contributed by atoms with Crippen LogP contribution in [0.4, 0.5) is 23.1 Å². The summed E-state index contributed by atoms with van der Waals surface area (Å²) >= 11 is 1.16. The molecule has 3 aliphatic heterocycles. The van der Waals surface area contributed by atoms with Crippen molar-refractivity contribution in [3.05, 3.63) is 82.5 Å². The van der Waals surface area contributed by atoms with E-state index in [9.17, 15) is 40.8 Å². The number of halogens is 3. The molecule has 18 heteroatoms. The van der Waals surface area contributed by atoms with Gasteiger partial charge in [-0.3, -0.25) is 24.0 Å². The van der Waals surface area contributed by atoms with Gasteiger partial charge in [0.1, 0.15) is 29.5 Å². The summed E-state index contributed by atoms with van der Waals surface area (Å²) in [6.07, 6.45) is 6.04. The Kier molecular flexibility index (Phi) is 10.5. The van der Waals surface area contributed by atoms with E-state index in [-0.39, 0.29) is 32.5 Å². The van der Waals surface area contributed by atoms with Crippen LogP contribution < -0.4 is 15.4 Å². The lowest BCUT2D eigenvalue weighted by Gasteiger charge is -2.29. The van der Waals surface area contributed by atoms with Gasteiger partial charge in [0.05, 0.1) is 24.0 Å². The quantitative estimate of drug-likeness (QED) is 0.274. The summed E-state index contributed by atoms with van der Waals surface area (Å²) in [6.45, 7) is -0.0663. The van der Waals surface area contributed by atoms with Gasteiger partial charge in [-0.15, -0.1) is 11.3 Å². The minimum atomic E-state index is -3.94. The first-order valence-corrected chi connectivity index (χ1v) is 21.5. The molecule has 5 atom stereocenters. The maximum atomic E-state index is 14.6. The minimum absolute atomic E-state index is 0.0111. The standard InChI is InChI=1S/C39H41F3N6O7S2/c40-28-9-6-7-23-18-47(20-27(23)28)38(52)55-25-16-33-34(49)45-39(36(51)46-57(53,54)26-12-13-26)17-24(39)8-4-2-1-3-5-10-31(35(50)48(33)19-25)43-37-44-32(21-56-37)22-11-14-29(41)30(42)15-22/h4,6-9,11,14-15,21,24-26,31,33H,1-3,5,10,12-13,16-20H2,(H,43,44)(H,45,49)(H,46,51)/b8-4-/t24-,25-,31+,33+,39-/m1/s1. The average Bonchev–Trinajstić information content (AvgIpc) is 3.97. The highest BCUT2D eigenvalue weighted by Crippen LogP contribution is 2.46. The zero-order valence-electron chi connectivity index (χ0n) is 30.7. The van der Waals surface area contributed by atoms with Crippen LogP contribution >= 0.6 is 11.3 Å². The number of aromatic nitrogens is 1. The van der Waals surface area contributed by atoms with Crippen molar-refractivity contribution in [1.29, 1.82) is 0 Å². The summed E-state index contributed by atoms with van der Waals surface area (Å²) < 4.78 is 75.8. The number of ether oxygens (including phenoxy) is 1. The van der Waals surface area contributed by atoms with Crippen LogP contribution in [0.2, 0.25) is 0 Å². The third-order valence-corrected chi connectivity index (χ3v) is 13.9. The van der Waals surface area contributed by atoms with E-state index in [0.717, 1.165) is 36.3 Å². The van der Waals surface area contributed by atoms with Crippen molar-refractivity contribution in [1.82, 2.24) is 24.8 Å². The SMILES string of the molecule is O=C1N[C@]2(C(=O)NS(=O)(=O)C3CC3)C[C@H]2/C=C\CCCCC[C@H](Nc2nc(-c3ccc(F)c(F)c3)cs2)C(=O)N2C[C@H](OC(=O)N3Cc4cccc(F)c4C3)C[C@@H]12. The normalized spacial score (nSPS) is 26.9. The summed E-state index contributed by atoms with van der Waals surface area (Å²) in [6, 6.07) is 5.89. The summed E-state index contributed by atoms with van der Waals surface area (Å²) in [5.74, 6) is -5.01. The van der Waals surface area contributed by atoms with Crippen molar-refractivity contribution in [3.8, 4) is 11.3 Å². The number of nitrogens with zero attached hydrogens (tertiary/aromatic N) is 3. The third kappa shape index (κ3) is 8.10. The second kappa shape index (κ2) is 15.4. The molecule has 8 rings (SSSR count). The second-order valence-corrected chi connectivity index (χ2v) is 18.2. The van der Waals surface area contributed by atoms with Gasteiger partial charge in [0, 0.05) is 35.4 Å². The van der Waals surface area contributed by atoms with Crippen molar-refractivity contribution >= 4 is 50.3 Å². The molecule has 0 spiro atoms. The molecule has 3 N–H and O–H groups in total. The molecular weight excluding hydrogens is 786 g/mol. The molecule has 0 radical (unpaired) electrons. The number of anilines is 1. The predicted molar refractivity (Wildman–Crippen MR) is 202 cm³/mol. The third-order valence-electron chi connectivity index (χ3n) is 11.3. The highest BCUT2D eigenvalue weighted by atomic mass is 32.2. The van der Waals surface area contributed by atoms with E-state index in [2.05, 4.69) is 20.3 Å². The first-order valence-electron chi connectivity index (χ1n) is 19.1. The number of nitrogens with one attached hydrogen (secondary N) is 3. The minimum Gasteiger partial charge on any atom is -0.444 e. The number of benzene rings is 2. The van der Waals surface area contributed by atoms with Crippen molar-refractivity contribution in [2.45, 2.75) is 99.9 Å². The molecule has 13 nitrogen and oxygen atoms in total. The van der Waals surface area contributed by atoms with Crippen LogP contribution in [0.25, 0.3) is 11.3 Å². The van der Waals surface area contributed by atoms with Crippen LogP contribution in [0.15, 0.2) is 53.9 Å². The van der Waals surface area contributed by atoms with Gasteiger partial charge in [-0.2, -0.15) is 0 Å². The monoisotopic (exact) mass is 826 g/mol. The number of carbonyl (C=O) groups is 4. The van der Waals surface area contributed by atoms with E-state index >= 15 is 0 Å². The van der Waals surface area contributed by atoms with Gasteiger partial charge in [-0.1, -0.05) is 37.1 Å². The second-order valence-electron chi connectivity index (χ2n) is 15.4. The number of sulfonamides is 1. The fourth-order valence-electron chi connectivity index (χ4n) is 7.85. The summed E-state index contributed by atoms with van der Waals surface area (Å²) in [4.78, 5) is 63.3. The number of hydrogen-bond acceptors (Lipinski definition) is 10. The Labute approximate surface area is 331 Å². The lowest BCUT2D eigenvalue weighted by Crippen LogP contribution is -2.57. The Hall–Kier alpha value is -4.97. The Balaban J connectivity index is 1.06. The van der Waals surface area contributed by atoms with Crippen LogP contribution in [0.3, 0.4) is 0 Å². The van der Waals surface area contributed by atoms with Gasteiger partial charge >= 0.3 is 6.09 Å². The Morgan fingerprint density at radius 2 is 1.82 bits per heavy atom. The van der Waals surface area contributed by atoms with Crippen LogP contribution in [0.5, 0.6) is 0 Å². The smallest absolute Gasteiger partial charge is 0.410 e. The van der Waals surface area contributed by atoms with Crippen molar-refractivity contribution in [2.24, 2.45) is 5.92 Å². The molecule has 0 unspecified atom stereocenters. The fraction of sp³-hybridized carbons (Fsp3) is 0.462. The molecule has 4 heterocycles. The van der Waals surface area contributed by atoms with E-state index in [4.69, 9.17) is 4.74 Å². The predicted octanol–water partition coefficient (Wildman–Crippen LogP) is 5.13. The molecule has 57 heavy (non-hydrogen) atoms.